The average Bonchev–Trinajstić information content (AvgIpc) is 3.44. The van der Waals surface area contributed by atoms with Crippen molar-refractivity contribution in [3.8, 4) is 5.75 Å². The van der Waals surface area contributed by atoms with E-state index < -0.39 is 10.0 Å². The van der Waals surface area contributed by atoms with E-state index in [1.807, 2.05) is 43.3 Å². The van der Waals surface area contributed by atoms with Crippen LogP contribution < -0.4 is 9.04 Å². The summed E-state index contributed by atoms with van der Waals surface area (Å²) in [6.45, 7) is 3.33. The van der Waals surface area contributed by atoms with E-state index >= 15 is 0 Å². The van der Waals surface area contributed by atoms with Crippen molar-refractivity contribution in [2.75, 3.05) is 24.6 Å². The lowest BCUT2D eigenvalue weighted by Crippen LogP contribution is -2.27. The van der Waals surface area contributed by atoms with Crippen LogP contribution in [0.2, 0.25) is 0 Å². The second-order valence-corrected chi connectivity index (χ2v) is 8.12. The Morgan fingerprint density at radius 1 is 1.20 bits per heavy atom. The van der Waals surface area contributed by atoms with E-state index in [4.69, 9.17) is 9.47 Å². The average molecular weight is 361 g/mol. The topological polar surface area (TPSA) is 59.1 Å². The maximum Gasteiger partial charge on any atom is 0.239 e. The monoisotopic (exact) mass is 361 g/mol. The van der Waals surface area contributed by atoms with Gasteiger partial charge in [-0.25, -0.2) is 8.42 Å². The quantitative estimate of drug-likeness (QED) is 0.678. The molecule has 3 rings (SSSR count). The SMILES string of the molecule is CCc1cc(CS(=O)(=O)N(C)c2ccccc2)ccc1OCC1CO1. The van der Waals surface area contributed by atoms with Gasteiger partial charge in [-0.1, -0.05) is 37.3 Å². The molecule has 0 amide bonds. The standard InChI is InChI=1S/C19H23NO4S/c1-3-16-11-15(9-10-19(16)24-13-18-12-23-18)14-25(21,22)20(2)17-7-5-4-6-8-17/h4-11,18H,3,12-14H2,1-2H3. The highest BCUT2D eigenvalue weighted by molar-refractivity contribution is 7.92. The van der Waals surface area contributed by atoms with Gasteiger partial charge in [-0.3, -0.25) is 4.31 Å². The van der Waals surface area contributed by atoms with Gasteiger partial charge in [-0.05, 0) is 35.7 Å². The molecule has 25 heavy (non-hydrogen) atoms. The molecule has 2 aromatic rings. The van der Waals surface area contributed by atoms with Crippen LogP contribution in [0.1, 0.15) is 18.1 Å². The molecule has 0 aliphatic carbocycles. The fraction of sp³-hybridized carbons (Fsp3) is 0.368. The summed E-state index contributed by atoms with van der Waals surface area (Å²) in [7, 11) is -1.87. The van der Waals surface area contributed by atoms with Gasteiger partial charge < -0.3 is 9.47 Å². The van der Waals surface area contributed by atoms with Crippen LogP contribution in [0.15, 0.2) is 48.5 Å². The van der Waals surface area contributed by atoms with E-state index in [2.05, 4.69) is 0 Å². The molecule has 0 saturated carbocycles. The Morgan fingerprint density at radius 2 is 1.92 bits per heavy atom. The van der Waals surface area contributed by atoms with Crippen LogP contribution >= 0.6 is 0 Å². The third-order valence-corrected chi connectivity index (χ3v) is 5.96. The molecule has 0 radical (unpaired) electrons. The molecule has 1 fully saturated rings. The normalized spacial score (nSPS) is 16.5. The van der Waals surface area contributed by atoms with Gasteiger partial charge in [0.1, 0.15) is 18.5 Å². The lowest BCUT2D eigenvalue weighted by molar-refractivity contribution is 0.261. The Hall–Kier alpha value is -2.05. The van der Waals surface area contributed by atoms with Crippen LogP contribution in [0.5, 0.6) is 5.75 Å². The zero-order chi connectivity index (χ0) is 17.9. The summed E-state index contributed by atoms with van der Waals surface area (Å²) < 4.78 is 37.6. The van der Waals surface area contributed by atoms with Gasteiger partial charge in [-0.2, -0.15) is 0 Å². The zero-order valence-corrected chi connectivity index (χ0v) is 15.3. The van der Waals surface area contributed by atoms with Crippen LogP contribution in [0.4, 0.5) is 5.69 Å². The fourth-order valence-electron chi connectivity index (χ4n) is 2.59. The number of ether oxygens (including phenoxy) is 2. The molecule has 6 heteroatoms. The molecule has 0 N–H and O–H groups in total. The molecule has 2 aromatic carbocycles. The predicted octanol–water partition coefficient (Wildman–Crippen LogP) is 2.99. The molecule has 0 aromatic heterocycles. The molecular formula is C19H23NO4S. The first-order valence-electron chi connectivity index (χ1n) is 8.37. The summed E-state index contributed by atoms with van der Waals surface area (Å²) >= 11 is 0. The molecule has 0 bridgehead atoms. The summed E-state index contributed by atoms with van der Waals surface area (Å²) in [5.74, 6) is 0.757. The highest BCUT2D eigenvalue weighted by Gasteiger charge is 2.24. The van der Waals surface area contributed by atoms with Gasteiger partial charge in [0, 0.05) is 7.05 Å². The number of sulfonamides is 1. The fourth-order valence-corrected chi connectivity index (χ4v) is 3.83. The number of hydrogen-bond donors (Lipinski definition) is 0. The van der Waals surface area contributed by atoms with E-state index in [1.54, 1.807) is 19.2 Å². The minimum absolute atomic E-state index is 0.0442. The lowest BCUT2D eigenvalue weighted by Gasteiger charge is -2.20. The molecule has 0 spiro atoms. The van der Waals surface area contributed by atoms with Crippen molar-refractivity contribution >= 4 is 15.7 Å². The van der Waals surface area contributed by atoms with Crippen molar-refractivity contribution in [2.24, 2.45) is 0 Å². The third-order valence-electron chi connectivity index (χ3n) is 4.22. The second kappa shape index (κ2) is 7.45. The largest absolute Gasteiger partial charge is 0.491 e. The highest BCUT2D eigenvalue weighted by Crippen LogP contribution is 2.25. The number of hydrogen-bond acceptors (Lipinski definition) is 4. The van der Waals surface area contributed by atoms with Gasteiger partial charge in [0.25, 0.3) is 0 Å². The van der Waals surface area contributed by atoms with E-state index in [0.29, 0.717) is 12.3 Å². The molecule has 5 nitrogen and oxygen atoms in total. The first kappa shape index (κ1) is 17.8. The minimum Gasteiger partial charge on any atom is -0.491 e. The third kappa shape index (κ3) is 4.52. The summed E-state index contributed by atoms with van der Waals surface area (Å²) in [5.41, 5.74) is 2.42. The summed E-state index contributed by atoms with van der Waals surface area (Å²) in [6.07, 6.45) is 0.979. The van der Waals surface area contributed by atoms with E-state index in [9.17, 15) is 8.42 Å². The van der Waals surface area contributed by atoms with Crippen LogP contribution in [0.25, 0.3) is 0 Å². The van der Waals surface area contributed by atoms with Gasteiger partial charge in [0.05, 0.1) is 18.0 Å². The number of nitrogens with zero attached hydrogens (tertiary/aromatic N) is 1. The van der Waals surface area contributed by atoms with Crippen molar-refractivity contribution in [3.63, 3.8) is 0 Å². The number of aryl methyl sites for hydroxylation is 1. The van der Waals surface area contributed by atoms with Crippen LogP contribution in [0, 0.1) is 0 Å². The van der Waals surface area contributed by atoms with Crippen molar-refractivity contribution in [3.05, 3.63) is 59.7 Å². The summed E-state index contributed by atoms with van der Waals surface area (Å²) in [4.78, 5) is 0. The molecule has 1 saturated heterocycles. The summed E-state index contributed by atoms with van der Waals surface area (Å²) in [6, 6.07) is 14.7. The molecule has 1 heterocycles. The van der Waals surface area contributed by atoms with Crippen LogP contribution in [-0.2, 0) is 26.9 Å². The van der Waals surface area contributed by atoms with Crippen molar-refractivity contribution in [1.82, 2.24) is 0 Å². The molecule has 1 unspecified atom stereocenters. The molecular weight excluding hydrogens is 338 g/mol. The number of para-hydroxylation sites is 1. The van der Waals surface area contributed by atoms with Gasteiger partial charge >= 0.3 is 0 Å². The van der Waals surface area contributed by atoms with Crippen molar-refractivity contribution in [2.45, 2.75) is 25.2 Å². The maximum atomic E-state index is 12.7. The highest BCUT2D eigenvalue weighted by atomic mass is 32.2. The molecule has 1 atom stereocenters. The predicted molar refractivity (Wildman–Crippen MR) is 98.5 cm³/mol. The number of anilines is 1. The molecule has 1 aliphatic heterocycles. The second-order valence-electron chi connectivity index (χ2n) is 6.12. The zero-order valence-electron chi connectivity index (χ0n) is 14.5. The first-order valence-corrected chi connectivity index (χ1v) is 9.98. The Balaban J connectivity index is 1.74. The van der Waals surface area contributed by atoms with Crippen LogP contribution in [-0.4, -0.2) is 34.8 Å². The lowest BCUT2D eigenvalue weighted by atomic mass is 10.1. The molecule has 1 aliphatic rings. The van der Waals surface area contributed by atoms with Crippen molar-refractivity contribution in [1.29, 1.82) is 0 Å². The van der Waals surface area contributed by atoms with E-state index in [1.165, 1.54) is 4.31 Å². The van der Waals surface area contributed by atoms with Gasteiger partial charge in [0.2, 0.25) is 10.0 Å². The van der Waals surface area contributed by atoms with E-state index in [-0.39, 0.29) is 11.9 Å². The molecule has 134 valence electrons. The van der Waals surface area contributed by atoms with Gasteiger partial charge in [-0.15, -0.1) is 0 Å². The van der Waals surface area contributed by atoms with Crippen molar-refractivity contribution < 1.29 is 17.9 Å². The van der Waals surface area contributed by atoms with E-state index in [0.717, 1.165) is 29.9 Å². The smallest absolute Gasteiger partial charge is 0.239 e. The number of benzene rings is 2. The minimum atomic E-state index is -3.45. The Kier molecular flexibility index (Phi) is 5.30. The maximum absolute atomic E-state index is 12.7. The van der Waals surface area contributed by atoms with Crippen LogP contribution in [0.3, 0.4) is 0 Å². The Bertz CT molecular complexity index is 817. The Labute approximate surface area is 149 Å². The Morgan fingerprint density at radius 3 is 2.56 bits per heavy atom. The first-order chi connectivity index (χ1) is 12.0. The summed E-state index contributed by atoms with van der Waals surface area (Å²) in [5, 5.41) is 0. The number of epoxide rings is 1. The van der Waals surface area contributed by atoms with Gasteiger partial charge in [0.15, 0.2) is 0 Å². The number of rotatable bonds is 8.